The second-order valence-electron chi connectivity index (χ2n) is 3.05. The largest absolute Gasteiger partial charge is 0.311 e. The zero-order valence-corrected chi connectivity index (χ0v) is 11.2. The average molecular weight is 364 g/mol. The monoisotopic (exact) mass is 363 g/mol. The molecule has 1 aromatic heterocycles. The first-order valence-electron chi connectivity index (χ1n) is 4.04. The van der Waals surface area contributed by atoms with Crippen LogP contribution in [-0.4, -0.2) is 4.57 Å². The van der Waals surface area contributed by atoms with Crippen LogP contribution in [0.5, 0.6) is 0 Å². The fourth-order valence-corrected chi connectivity index (χ4v) is 3.02. The molecule has 0 unspecified atom stereocenters. The van der Waals surface area contributed by atoms with Crippen LogP contribution in [0.1, 0.15) is 0 Å². The van der Waals surface area contributed by atoms with E-state index in [1.54, 1.807) is 17.7 Å². The molecule has 1 heterocycles. The van der Waals surface area contributed by atoms with Gasteiger partial charge in [0.25, 0.3) is 5.56 Å². The Morgan fingerprint density at radius 1 is 1.36 bits per heavy atom. The lowest BCUT2D eigenvalue weighted by molar-refractivity contribution is 0.905. The molecule has 0 bridgehead atoms. The van der Waals surface area contributed by atoms with Gasteiger partial charge in [-0.25, -0.2) is 0 Å². The summed E-state index contributed by atoms with van der Waals surface area (Å²) in [6.45, 7) is 0. The smallest absolute Gasteiger partial charge is 0.250 e. The second-order valence-corrected chi connectivity index (χ2v) is 5.15. The summed E-state index contributed by atoms with van der Waals surface area (Å²) in [6.07, 6.45) is 0. The normalized spacial score (nSPS) is 10.8. The van der Waals surface area contributed by atoms with Crippen LogP contribution >= 0.6 is 38.5 Å². The van der Waals surface area contributed by atoms with Crippen LogP contribution in [0.25, 0.3) is 10.9 Å². The van der Waals surface area contributed by atoms with Crippen LogP contribution < -0.4 is 5.56 Å². The summed E-state index contributed by atoms with van der Waals surface area (Å²) in [5.41, 5.74) is 0.975. The summed E-state index contributed by atoms with van der Waals surface area (Å²) in [4.78, 5) is 11.4. The SMILES string of the molecule is Cn1c(=O)ccc2c(Br)cc(I)cc21. The quantitative estimate of drug-likeness (QED) is 0.660. The molecule has 2 rings (SSSR count). The Bertz CT molecular complexity index is 562. The van der Waals surface area contributed by atoms with E-state index in [9.17, 15) is 4.79 Å². The van der Waals surface area contributed by atoms with E-state index in [0.29, 0.717) is 0 Å². The molecule has 0 saturated heterocycles. The van der Waals surface area contributed by atoms with Gasteiger partial charge in [-0.15, -0.1) is 0 Å². The summed E-state index contributed by atoms with van der Waals surface area (Å²) in [5, 5.41) is 1.06. The Morgan fingerprint density at radius 3 is 2.79 bits per heavy atom. The molecule has 0 atom stereocenters. The number of fused-ring (bicyclic) bond motifs is 1. The molecule has 2 aromatic rings. The summed E-state index contributed by atoms with van der Waals surface area (Å²) in [6, 6.07) is 7.47. The number of rotatable bonds is 0. The van der Waals surface area contributed by atoms with Gasteiger partial charge >= 0.3 is 0 Å². The van der Waals surface area contributed by atoms with Crippen LogP contribution in [0, 0.1) is 3.57 Å². The molecule has 0 spiro atoms. The highest BCUT2D eigenvalue weighted by molar-refractivity contribution is 14.1. The first-order chi connectivity index (χ1) is 6.59. The van der Waals surface area contributed by atoms with Crippen molar-refractivity contribution in [2.24, 2.45) is 7.05 Å². The fraction of sp³-hybridized carbons (Fsp3) is 0.100. The maximum atomic E-state index is 11.4. The Labute approximate surface area is 103 Å². The number of hydrogen-bond acceptors (Lipinski definition) is 1. The third-order valence-electron chi connectivity index (χ3n) is 2.16. The predicted molar refractivity (Wildman–Crippen MR) is 69.6 cm³/mol. The lowest BCUT2D eigenvalue weighted by Gasteiger charge is -2.06. The molecule has 1 aromatic carbocycles. The standard InChI is InChI=1S/C10H7BrINO/c1-13-9-5-6(12)4-8(11)7(9)2-3-10(13)14/h2-5H,1H3. The highest BCUT2D eigenvalue weighted by atomic mass is 127. The first kappa shape index (κ1) is 10.2. The number of aromatic nitrogens is 1. The van der Waals surface area contributed by atoms with Crippen molar-refractivity contribution in [2.75, 3.05) is 0 Å². The zero-order valence-electron chi connectivity index (χ0n) is 7.42. The van der Waals surface area contributed by atoms with Crippen molar-refractivity contribution in [3.63, 3.8) is 0 Å². The number of benzene rings is 1. The van der Waals surface area contributed by atoms with Gasteiger partial charge in [0.2, 0.25) is 0 Å². The molecule has 4 heteroatoms. The minimum Gasteiger partial charge on any atom is -0.311 e. The van der Waals surface area contributed by atoms with Crippen LogP contribution in [0.4, 0.5) is 0 Å². The van der Waals surface area contributed by atoms with Crippen LogP contribution in [0.3, 0.4) is 0 Å². The molecular weight excluding hydrogens is 357 g/mol. The molecule has 72 valence electrons. The van der Waals surface area contributed by atoms with Crippen molar-refractivity contribution in [3.05, 3.63) is 42.7 Å². The summed E-state index contributed by atoms with van der Waals surface area (Å²) in [7, 11) is 1.78. The third-order valence-corrected chi connectivity index (χ3v) is 3.44. The first-order valence-corrected chi connectivity index (χ1v) is 5.91. The van der Waals surface area contributed by atoms with Gasteiger partial charge in [0.1, 0.15) is 0 Å². The van der Waals surface area contributed by atoms with E-state index >= 15 is 0 Å². The van der Waals surface area contributed by atoms with Crippen molar-refractivity contribution in [1.82, 2.24) is 4.57 Å². The van der Waals surface area contributed by atoms with E-state index in [2.05, 4.69) is 38.5 Å². The fourth-order valence-electron chi connectivity index (χ4n) is 1.40. The van der Waals surface area contributed by atoms with Gasteiger partial charge in [0.05, 0.1) is 5.52 Å². The van der Waals surface area contributed by atoms with Crippen molar-refractivity contribution in [3.8, 4) is 0 Å². The van der Waals surface area contributed by atoms with E-state index < -0.39 is 0 Å². The molecule has 0 radical (unpaired) electrons. The molecule has 14 heavy (non-hydrogen) atoms. The number of aryl methyl sites for hydroxylation is 1. The molecule has 0 fully saturated rings. The van der Waals surface area contributed by atoms with Gasteiger partial charge in [-0.2, -0.15) is 0 Å². The van der Waals surface area contributed by atoms with E-state index in [4.69, 9.17) is 0 Å². The zero-order chi connectivity index (χ0) is 10.3. The molecule has 0 aliphatic rings. The molecule has 0 aliphatic heterocycles. The topological polar surface area (TPSA) is 22.0 Å². The van der Waals surface area contributed by atoms with Gasteiger partial charge < -0.3 is 4.57 Å². The van der Waals surface area contributed by atoms with Crippen molar-refractivity contribution >= 4 is 49.4 Å². The van der Waals surface area contributed by atoms with E-state index in [1.807, 2.05) is 18.2 Å². The van der Waals surface area contributed by atoms with Gasteiger partial charge in [-0.3, -0.25) is 4.79 Å². The Kier molecular flexibility index (Phi) is 2.66. The summed E-state index contributed by atoms with van der Waals surface area (Å²) in [5.74, 6) is 0. The maximum absolute atomic E-state index is 11.4. The van der Waals surface area contributed by atoms with Crippen LogP contribution in [0.15, 0.2) is 33.5 Å². The number of hydrogen-bond donors (Lipinski definition) is 0. The Morgan fingerprint density at radius 2 is 2.07 bits per heavy atom. The van der Waals surface area contributed by atoms with Gasteiger partial charge in [-0.1, -0.05) is 15.9 Å². The second kappa shape index (κ2) is 3.66. The highest BCUT2D eigenvalue weighted by Gasteiger charge is 2.03. The molecule has 0 N–H and O–H groups in total. The van der Waals surface area contributed by atoms with E-state index in [-0.39, 0.29) is 5.56 Å². The van der Waals surface area contributed by atoms with Crippen molar-refractivity contribution < 1.29 is 0 Å². The molecule has 0 saturated carbocycles. The van der Waals surface area contributed by atoms with E-state index in [0.717, 1.165) is 18.9 Å². The Balaban J connectivity index is 3.02. The maximum Gasteiger partial charge on any atom is 0.250 e. The van der Waals surface area contributed by atoms with E-state index in [1.165, 1.54) is 0 Å². The molecule has 2 nitrogen and oxygen atoms in total. The number of halogens is 2. The third kappa shape index (κ3) is 1.61. The Hall–Kier alpha value is -0.360. The molecule has 0 amide bonds. The summed E-state index contributed by atoms with van der Waals surface area (Å²) < 4.78 is 3.79. The number of nitrogens with zero attached hydrogens (tertiary/aromatic N) is 1. The lowest BCUT2D eigenvalue weighted by atomic mass is 10.2. The minimum atomic E-state index is 0.0198. The molecular formula is C10H7BrINO. The molecule has 0 aliphatic carbocycles. The van der Waals surface area contributed by atoms with Crippen molar-refractivity contribution in [1.29, 1.82) is 0 Å². The average Bonchev–Trinajstić information content (AvgIpc) is 2.12. The van der Waals surface area contributed by atoms with Gasteiger partial charge in [0, 0.05) is 26.5 Å². The van der Waals surface area contributed by atoms with Crippen molar-refractivity contribution in [2.45, 2.75) is 0 Å². The van der Waals surface area contributed by atoms with Crippen LogP contribution in [0.2, 0.25) is 0 Å². The lowest BCUT2D eigenvalue weighted by Crippen LogP contribution is -2.15. The minimum absolute atomic E-state index is 0.0198. The number of pyridine rings is 1. The van der Waals surface area contributed by atoms with Crippen LogP contribution in [-0.2, 0) is 7.05 Å². The predicted octanol–water partition coefficient (Wildman–Crippen LogP) is 2.91. The highest BCUT2D eigenvalue weighted by Crippen LogP contribution is 2.25. The summed E-state index contributed by atoms with van der Waals surface area (Å²) >= 11 is 5.72. The van der Waals surface area contributed by atoms with Gasteiger partial charge in [0.15, 0.2) is 0 Å². The van der Waals surface area contributed by atoms with Gasteiger partial charge in [-0.05, 0) is 40.8 Å².